The molecule has 5 nitrogen and oxygen atoms in total. The van der Waals surface area contributed by atoms with Gasteiger partial charge in [0.1, 0.15) is 5.82 Å². The molecular weight excluding hydrogens is 377 g/mol. The average molecular weight is 399 g/mol. The first-order valence-corrected chi connectivity index (χ1v) is 10.0. The Morgan fingerprint density at radius 2 is 1.79 bits per heavy atom. The Labute approximate surface area is 167 Å². The van der Waals surface area contributed by atoms with Gasteiger partial charge in [0.15, 0.2) is 0 Å². The van der Waals surface area contributed by atoms with E-state index in [0.717, 1.165) is 5.56 Å². The molecule has 0 aliphatic rings. The Morgan fingerprint density at radius 1 is 1.07 bits per heavy atom. The van der Waals surface area contributed by atoms with E-state index in [0.29, 0.717) is 17.5 Å². The fraction of sp³-hybridized carbons (Fsp3) is 0.286. The minimum absolute atomic E-state index is 0.153. The van der Waals surface area contributed by atoms with Crippen LogP contribution < -0.4 is 5.32 Å². The van der Waals surface area contributed by atoms with Crippen LogP contribution in [0.25, 0.3) is 0 Å². The lowest BCUT2D eigenvalue weighted by Crippen LogP contribution is -2.28. The lowest BCUT2D eigenvalue weighted by atomic mass is 9.98. The maximum absolute atomic E-state index is 13.0. The number of hydrogen-bond donors (Lipinski definition) is 1. The van der Waals surface area contributed by atoms with Crippen LogP contribution in [-0.2, 0) is 11.2 Å². The summed E-state index contributed by atoms with van der Waals surface area (Å²) in [6.45, 7) is 3.96. The van der Waals surface area contributed by atoms with E-state index >= 15 is 0 Å². The predicted molar refractivity (Wildman–Crippen MR) is 107 cm³/mol. The normalized spacial score (nSPS) is 13.1. The molecule has 2 unspecified atom stereocenters. The quantitative estimate of drug-likeness (QED) is 0.564. The number of nitrogens with zero attached hydrogens (tertiary/aromatic N) is 2. The summed E-state index contributed by atoms with van der Waals surface area (Å²) >= 11 is 1.20. The average Bonchev–Trinajstić information content (AvgIpc) is 3.15. The van der Waals surface area contributed by atoms with Gasteiger partial charge in [0.05, 0.1) is 11.8 Å². The van der Waals surface area contributed by atoms with E-state index in [4.69, 9.17) is 4.42 Å². The molecule has 1 heterocycles. The zero-order chi connectivity index (χ0) is 19.9. The summed E-state index contributed by atoms with van der Waals surface area (Å²) in [6, 6.07) is 16.0. The summed E-state index contributed by atoms with van der Waals surface area (Å²) in [5, 5.41) is 11.3. The predicted octanol–water partition coefficient (Wildman–Crippen LogP) is 4.52. The SMILES string of the molecule is CC(Cc1nnc(SCC(=O)NC(C)c2ccc(F)cc2)o1)c1ccccc1. The Morgan fingerprint density at radius 3 is 2.50 bits per heavy atom. The van der Waals surface area contributed by atoms with Crippen molar-refractivity contribution >= 4 is 17.7 Å². The summed E-state index contributed by atoms with van der Waals surface area (Å²) in [4.78, 5) is 12.1. The molecule has 2 aromatic carbocycles. The number of thioether (sulfide) groups is 1. The third-order valence-electron chi connectivity index (χ3n) is 4.37. The maximum atomic E-state index is 13.0. The van der Waals surface area contributed by atoms with Gasteiger partial charge in [0.2, 0.25) is 11.8 Å². The lowest BCUT2D eigenvalue weighted by molar-refractivity contribution is -0.119. The number of halogens is 1. The zero-order valence-electron chi connectivity index (χ0n) is 15.8. The van der Waals surface area contributed by atoms with Crippen molar-refractivity contribution in [3.8, 4) is 0 Å². The van der Waals surface area contributed by atoms with Crippen LogP contribution in [0.5, 0.6) is 0 Å². The highest BCUT2D eigenvalue weighted by Gasteiger charge is 2.15. The largest absolute Gasteiger partial charge is 0.416 e. The number of carbonyl (C=O) groups is 1. The molecular formula is C21H22FN3O2S. The second-order valence-electron chi connectivity index (χ2n) is 6.61. The van der Waals surface area contributed by atoms with E-state index in [-0.39, 0.29) is 29.4 Å². The van der Waals surface area contributed by atoms with E-state index in [1.54, 1.807) is 12.1 Å². The molecule has 146 valence electrons. The number of benzene rings is 2. The Hall–Kier alpha value is -2.67. The van der Waals surface area contributed by atoms with Crippen molar-refractivity contribution in [2.24, 2.45) is 0 Å². The van der Waals surface area contributed by atoms with Crippen LogP contribution in [0.3, 0.4) is 0 Å². The van der Waals surface area contributed by atoms with E-state index in [2.05, 4.69) is 34.6 Å². The molecule has 1 amide bonds. The zero-order valence-corrected chi connectivity index (χ0v) is 16.6. The van der Waals surface area contributed by atoms with Gasteiger partial charge in [0.25, 0.3) is 5.22 Å². The molecule has 0 aliphatic carbocycles. The highest BCUT2D eigenvalue weighted by atomic mass is 32.2. The second kappa shape index (κ2) is 9.50. The molecule has 1 aromatic heterocycles. The maximum Gasteiger partial charge on any atom is 0.277 e. The van der Waals surface area contributed by atoms with Gasteiger partial charge in [-0.25, -0.2) is 4.39 Å². The first-order valence-electron chi connectivity index (χ1n) is 9.06. The smallest absolute Gasteiger partial charge is 0.277 e. The van der Waals surface area contributed by atoms with Gasteiger partial charge in [-0.1, -0.05) is 61.2 Å². The summed E-state index contributed by atoms with van der Waals surface area (Å²) in [7, 11) is 0. The van der Waals surface area contributed by atoms with Crippen LogP contribution in [0.1, 0.15) is 42.8 Å². The Bertz CT molecular complexity index is 900. The van der Waals surface area contributed by atoms with Crippen LogP contribution >= 0.6 is 11.8 Å². The van der Waals surface area contributed by atoms with Crippen molar-refractivity contribution in [3.63, 3.8) is 0 Å². The van der Waals surface area contributed by atoms with Crippen LogP contribution in [0.2, 0.25) is 0 Å². The highest BCUT2D eigenvalue weighted by molar-refractivity contribution is 7.99. The Balaban J connectivity index is 1.47. The topological polar surface area (TPSA) is 68.0 Å². The van der Waals surface area contributed by atoms with Gasteiger partial charge in [-0.3, -0.25) is 4.79 Å². The Kier molecular flexibility index (Phi) is 6.81. The standard InChI is InChI=1S/C21H22FN3O2S/c1-14(16-6-4-3-5-7-16)12-20-24-25-21(27-20)28-13-19(26)23-15(2)17-8-10-18(22)11-9-17/h3-11,14-15H,12-13H2,1-2H3,(H,23,26). The van der Waals surface area contributed by atoms with Gasteiger partial charge < -0.3 is 9.73 Å². The first kappa shape index (κ1) is 20.1. The van der Waals surface area contributed by atoms with Crippen molar-refractivity contribution in [1.82, 2.24) is 15.5 Å². The highest BCUT2D eigenvalue weighted by Crippen LogP contribution is 2.22. The fourth-order valence-corrected chi connectivity index (χ4v) is 3.38. The second-order valence-corrected chi connectivity index (χ2v) is 7.53. The van der Waals surface area contributed by atoms with Crippen LogP contribution in [0, 0.1) is 5.82 Å². The molecule has 0 aliphatic heterocycles. The molecule has 0 spiro atoms. The van der Waals surface area contributed by atoms with Crippen LogP contribution in [0.15, 0.2) is 64.2 Å². The number of nitrogens with one attached hydrogen (secondary N) is 1. The summed E-state index contributed by atoms with van der Waals surface area (Å²) in [5.41, 5.74) is 2.05. The number of carbonyl (C=O) groups excluding carboxylic acids is 1. The first-order chi connectivity index (χ1) is 13.5. The van der Waals surface area contributed by atoms with Crippen LogP contribution in [0.4, 0.5) is 4.39 Å². The molecule has 0 bridgehead atoms. The van der Waals surface area contributed by atoms with Crippen molar-refractivity contribution in [2.75, 3.05) is 5.75 Å². The molecule has 28 heavy (non-hydrogen) atoms. The van der Waals surface area contributed by atoms with E-state index in [1.165, 1.54) is 29.5 Å². The molecule has 2 atom stereocenters. The molecule has 1 N–H and O–H groups in total. The lowest BCUT2D eigenvalue weighted by Gasteiger charge is -2.13. The van der Waals surface area contributed by atoms with E-state index in [9.17, 15) is 9.18 Å². The van der Waals surface area contributed by atoms with Crippen molar-refractivity contribution in [1.29, 1.82) is 0 Å². The van der Waals surface area contributed by atoms with Gasteiger partial charge in [0, 0.05) is 6.42 Å². The fourth-order valence-electron chi connectivity index (χ4n) is 2.79. The molecule has 0 radical (unpaired) electrons. The molecule has 0 fully saturated rings. The van der Waals surface area contributed by atoms with E-state index in [1.807, 2.05) is 25.1 Å². The van der Waals surface area contributed by atoms with Gasteiger partial charge >= 0.3 is 0 Å². The minimum atomic E-state index is -0.299. The molecule has 0 saturated carbocycles. The van der Waals surface area contributed by atoms with E-state index < -0.39 is 0 Å². The van der Waals surface area contributed by atoms with Gasteiger partial charge in [-0.2, -0.15) is 0 Å². The molecule has 3 aromatic rings. The third kappa shape index (κ3) is 5.66. The number of aromatic nitrogens is 2. The summed E-state index contributed by atoms with van der Waals surface area (Å²) in [5.74, 6) is 0.533. The molecule has 3 rings (SSSR count). The van der Waals surface area contributed by atoms with Crippen LogP contribution in [-0.4, -0.2) is 21.9 Å². The number of amides is 1. The molecule has 7 heteroatoms. The molecule has 0 saturated heterocycles. The number of rotatable bonds is 8. The van der Waals surface area contributed by atoms with Crippen molar-refractivity contribution in [3.05, 3.63) is 77.4 Å². The van der Waals surface area contributed by atoms with Gasteiger partial charge in [-0.15, -0.1) is 10.2 Å². The van der Waals surface area contributed by atoms with Crippen molar-refractivity contribution in [2.45, 2.75) is 37.5 Å². The minimum Gasteiger partial charge on any atom is -0.416 e. The monoisotopic (exact) mass is 399 g/mol. The summed E-state index contributed by atoms with van der Waals surface area (Å²) < 4.78 is 18.6. The van der Waals surface area contributed by atoms with Crippen molar-refractivity contribution < 1.29 is 13.6 Å². The van der Waals surface area contributed by atoms with Gasteiger partial charge in [-0.05, 0) is 36.1 Å². The number of hydrogen-bond acceptors (Lipinski definition) is 5. The third-order valence-corrected chi connectivity index (χ3v) is 5.19. The summed E-state index contributed by atoms with van der Waals surface area (Å²) in [6.07, 6.45) is 0.644.